The number of amides is 1. The Bertz CT molecular complexity index is 586. The Morgan fingerprint density at radius 1 is 1.12 bits per heavy atom. The number of aryl methyl sites for hydroxylation is 1. The van der Waals surface area contributed by atoms with Crippen molar-refractivity contribution in [2.24, 2.45) is 5.41 Å². The van der Waals surface area contributed by atoms with Crippen molar-refractivity contribution >= 4 is 42.0 Å². The first-order valence-corrected chi connectivity index (χ1v) is 10.2. The lowest BCUT2D eigenvalue weighted by molar-refractivity contribution is -0.130. The topological polar surface area (TPSA) is 49.4 Å². The fourth-order valence-corrected chi connectivity index (χ4v) is 2.84. The predicted octanol–water partition coefficient (Wildman–Crippen LogP) is 3.75. The largest absolute Gasteiger partial charge is 0.378 e. The van der Waals surface area contributed by atoms with Gasteiger partial charge < -0.3 is 10.2 Å². The lowest BCUT2D eigenvalue weighted by Crippen LogP contribution is -2.46. The highest BCUT2D eigenvalue weighted by Gasteiger charge is 2.29. The molecule has 26 heavy (non-hydrogen) atoms. The minimum atomic E-state index is -0.594. The van der Waals surface area contributed by atoms with Gasteiger partial charge in [-0.05, 0) is 37.0 Å². The zero-order valence-electron chi connectivity index (χ0n) is 16.3. The highest BCUT2D eigenvalue weighted by atomic mass is 32.1. The Labute approximate surface area is 168 Å². The number of unbranched alkanes of at least 4 members (excludes halogenated alkanes) is 2. The van der Waals surface area contributed by atoms with Crippen molar-refractivity contribution in [3.8, 4) is 0 Å². The van der Waals surface area contributed by atoms with E-state index in [1.54, 1.807) is 0 Å². The molecule has 1 aromatic carbocycles. The minimum absolute atomic E-state index is 0.152. The number of benzene rings is 1. The molecular formula is C20H32N2O2S2. The van der Waals surface area contributed by atoms with Crippen LogP contribution in [0.2, 0.25) is 0 Å². The number of carbonyl (C=O) groups is 2. The average molecular weight is 397 g/mol. The van der Waals surface area contributed by atoms with Gasteiger partial charge in [-0.15, -0.1) is 12.6 Å². The number of anilines is 1. The van der Waals surface area contributed by atoms with Crippen molar-refractivity contribution < 1.29 is 9.59 Å². The third-order valence-electron chi connectivity index (χ3n) is 4.52. The van der Waals surface area contributed by atoms with E-state index in [2.05, 4.69) is 59.7 Å². The molecule has 0 aromatic heterocycles. The fraction of sp³-hybridized carbons (Fsp3) is 0.600. The molecule has 1 atom stereocenters. The molecule has 0 unspecified atom stereocenters. The van der Waals surface area contributed by atoms with Crippen molar-refractivity contribution in [3.05, 3.63) is 29.8 Å². The van der Waals surface area contributed by atoms with Gasteiger partial charge in [0.15, 0.2) is 0 Å². The SMILES string of the molecule is CN(C)c1ccc(CCCCC[C@H](NC(=O)C(C)(C)CS)C(=O)S)cc1. The average Bonchev–Trinajstić information content (AvgIpc) is 2.60. The van der Waals surface area contributed by atoms with Crippen LogP contribution in [0, 0.1) is 5.41 Å². The Kier molecular flexibility index (Phi) is 9.58. The van der Waals surface area contributed by atoms with Gasteiger partial charge in [0.2, 0.25) is 11.0 Å². The van der Waals surface area contributed by atoms with Crippen LogP contribution in [0.5, 0.6) is 0 Å². The molecule has 146 valence electrons. The highest BCUT2D eigenvalue weighted by Crippen LogP contribution is 2.19. The van der Waals surface area contributed by atoms with Gasteiger partial charge in [-0.1, -0.05) is 38.8 Å². The van der Waals surface area contributed by atoms with Gasteiger partial charge in [0.05, 0.1) is 11.5 Å². The van der Waals surface area contributed by atoms with Crippen molar-refractivity contribution in [1.82, 2.24) is 5.32 Å². The molecule has 0 aliphatic rings. The molecule has 0 spiro atoms. The summed E-state index contributed by atoms with van der Waals surface area (Å²) in [6, 6.07) is 8.06. The third-order valence-corrected chi connectivity index (χ3v) is 5.63. The summed E-state index contributed by atoms with van der Waals surface area (Å²) in [6.07, 6.45) is 4.60. The van der Waals surface area contributed by atoms with E-state index in [1.807, 2.05) is 27.9 Å². The van der Waals surface area contributed by atoms with Crippen LogP contribution in [0.3, 0.4) is 0 Å². The molecule has 0 saturated heterocycles. The maximum atomic E-state index is 12.2. The molecule has 1 amide bonds. The number of hydrogen-bond acceptors (Lipinski definition) is 4. The Morgan fingerprint density at radius 2 is 1.73 bits per heavy atom. The summed E-state index contributed by atoms with van der Waals surface area (Å²) in [5.74, 6) is 0.278. The Hall–Kier alpha value is -1.14. The van der Waals surface area contributed by atoms with E-state index < -0.39 is 11.5 Å². The second-order valence-corrected chi connectivity index (χ2v) is 8.32. The molecule has 0 radical (unpaired) electrons. The molecule has 1 rings (SSSR count). The van der Waals surface area contributed by atoms with Crippen molar-refractivity contribution in [2.45, 2.75) is 52.0 Å². The number of hydrogen-bond donors (Lipinski definition) is 3. The minimum Gasteiger partial charge on any atom is -0.378 e. The van der Waals surface area contributed by atoms with Gasteiger partial charge in [-0.3, -0.25) is 9.59 Å². The second kappa shape index (κ2) is 10.9. The summed E-state index contributed by atoms with van der Waals surface area (Å²) < 4.78 is 0. The zero-order valence-corrected chi connectivity index (χ0v) is 18.1. The first-order chi connectivity index (χ1) is 12.2. The van der Waals surface area contributed by atoms with Gasteiger partial charge in [-0.25, -0.2) is 0 Å². The van der Waals surface area contributed by atoms with E-state index in [-0.39, 0.29) is 11.0 Å². The van der Waals surface area contributed by atoms with Crippen LogP contribution in [0.25, 0.3) is 0 Å². The normalized spacial score (nSPS) is 12.5. The first-order valence-electron chi connectivity index (χ1n) is 9.08. The number of thiol groups is 2. The summed E-state index contributed by atoms with van der Waals surface area (Å²) in [7, 11) is 4.06. The van der Waals surface area contributed by atoms with E-state index in [0.29, 0.717) is 12.2 Å². The zero-order chi connectivity index (χ0) is 19.7. The summed E-state index contributed by atoms with van der Waals surface area (Å²) in [5, 5.41) is 2.53. The van der Waals surface area contributed by atoms with Gasteiger partial charge in [0.1, 0.15) is 0 Å². The van der Waals surface area contributed by atoms with Gasteiger partial charge in [0.25, 0.3) is 0 Å². The smallest absolute Gasteiger partial charge is 0.227 e. The van der Waals surface area contributed by atoms with Gasteiger partial charge in [-0.2, -0.15) is 12.6 Å². The summed E-state index contributed by atoms with van der Waals surface area (Å²) in [5.41, 5.74) is 1.92. The van der Waals surface area contributed by atoms with Crippen LogP contribution in [0.15, 0.2) is 24.3 Å². The maximum Gasteiger partial charge on any atom is 0.227 e. The predicted molar refractivity (Wildman–Crippen MR) is 116 cm³/mol. The Morgan fingerprint density at radius 3 is 2.23 bits per heavy atom. The van der Waals surface area contributed by atoms with E-state index in [1.165, 1.54) is 11.3 Å². The molecule has 1 N–H and O–H groups in total. The summed E-state index contributed by atoms with van der Waals surface area (Å²) in [6.45, 7) is 3.63. The first kappa shape index (κ1) is 22.9. The molecule has 0 aliphatic carbocycles. The maximum absolute atomic E-state index is 12.2. The number of nitrogens with zero attached hydrogens (tertiary/aromatic N) is 1. The van der Waals surface area contributed by atoms with Gasteiger partial charge in [0, 0.05) is 25.5 Å². The molecule has 6 heteroatoms. The molecular weight excluding hydrogens is 364 g/mol. The molecule has 0 aliphatic heterocycles. The Balaban J connectivity index is 2.37. The standard InChI is InChI=1S/C20H32N2O2S2/c1-20(2,14-25)19(24)21-17(18(23)26)9-7-5-6-8-15-10-12-16(13-11-15)22(3)4/h10-13,17,25H,5-9,14H2,1-4H3,(H,21,24)(H,23,26)/t17-/m0/s1. The van der Waals surface area contributed by atoms with Crippen LogP contribution in [-0.2, 0) is 16.0 Å². The van der Waals surface area contributed by atoms with Crippen LogP contribution >= 0.6 is 25.3 Å². The lowest BCUT2D eigenvalue weighted by atomic mass is 9.94. The number of rotatable bonds is 11. The van der Waals surface area contributed by atoms with E-state index in [0.717, 1.165) is 25.7 Å². The highest BCUT2D eigenvalue weighted by molar-refractivity contribution is 7.96. The van der Waals surface area contributed by atoms with Crippen LogP contribution in [-0.4, -0.2) is 36.9 Å². The summed E-state index contributed by atoms with van der Waals surface area (Å²) >= 11 is 8.12. The van der Waals surface area contributed by atoms with E-state index in [9.17, 15) is 9.59 Å². The molecule has 0 bridgehead atoms. The second-order valence-electron chi connectivity index (χ2n) is 7.57. The number of carbonyl (C=O) groups excluding carboxylic acids is 2. The lowest BCUT2D eigenvalue weighted by Gasteiger charge is -2.24. The molecule has 4 nitrogen and oxygen atoms in total. The molecule has 0 heterocycles. The van der Waals surface area contributed by atoms with Crippen LogP contribution in [0.1, 0.15) is 45.1 Å². The van der Waals surface area contributed by atoms with E-state index >= 15 is 0 Å². The van der Waals surface area contributed by atoms with Crippen LogP contribution < -0.4 is 10.2 Å². The molecule has 0 fully saturated rings. The van der Waals surface area contributed by atoms with Crippen molar-refractivity contribution in [1.29, 1.82) is 0 Å². The summed E-state index contributed by atoms with van der Waals surface area (Å²) in [4.78, 5) is 26.0. The van der Waals surface area contributed by atoms with Crippen molar-refractivity contribution in [3.63, 3.8) is 0 Å². The fourth-order valence-electron chi connectivity index (χ4n) is 2.50. The number of nitrogens with one attached hydrogen (secondary N) is 1. The van der Waals surface area contributed by atoms with Crippen LogP contribution in [0.4, 0.5) is 5.69 Å². The molecule has 1 aromatic rings. The molecule has 0 saturated carbocycles. The van der Waals surface area contributed by atoms with Crippen molar-refractivity contribution in [2.75, 3.05) is 24.7 Å². The third kappa shape index (κ3) is 7.62. The monoisotopic (exact) mass is 396 g/mol. The van der Waals surface area contributed by atoms with Gasteiger partial charge >= 0.3 is 0 Å². The van der Waals surface area contributed by atoms with E-state index in [4.69, 9.17) is 0 Å². The quantitative estimate of drug-likeness (QED) is 0.394.